The predicted molar refractivity (Wildman–Crippen MR) is 66.4 cm³/mol. The van der Waals surface area contributed by atoms with Crippen LogP contribution in [0.3, 0.4) is 0 Å². The second-order valence-corrected chi connectivity index (χ2v) is 4.60. The van der Waals surface area contributed by atoms with Crippen LogP contribution in [0.1, 0.15) is 12.5 Å². The normalized spacial score (nSPS) is 19.0. The summed E-state index contributed by atoms with van der Waals surface area (Å²) in [6, 6.07) is 1.45. The monoisotopic (exact) mass is 292 g/mol. The largest absolute Gasteiger partial charge is 0.325 e. The summed E-state index contributed by atoms with van der Waals surface area (Å²) in [5.74, 6) is -2.17. The molecule has 6 amide bonds. The number of nitrogens with zero attached hydrogens (tertiary/aromatic N) is 1. The van der Waals surface area contributed by atoms with Crippen molar-refractivity contribution >= 4 is 29.6 Å². The molecular formula is C12H9FN4O4. The highest BCUT2D eigenvalue weighted by atomic mass is 19.1. The maximum absolute atomic E-state index is 13.5. The molecule has 3 rings (SSSR count). The van der Waals surface area contributed by atoms with Crippen LogP contribution in [-0.2, 0) is 15.3 Å². The van der Waals surface area contributed by atoms with E-state index in [9.17, 15) is 23.6 Å². The summed E-state index contributed by atoms with van der Waals surface area (Å²) < 4.78 is 13.5. The molecule has 1 spiro atoms. The van der Waals surface area contributed by atoms with Gasteiger partial charge in [0.1, 0.15) is 5.82 Å². The van der Waals surface area contributed by atoms with Gasteiger partial charge in [-0.3, -0.25) is 14.9 Å². The first-order valence-corrected chi connectivity index (χ1v) is 5.91. The number of carbonyl (C=O) groups excluding carboxylic acids is 4. The van der Waals surface area contributed by atoms with E-state index in [0.717, 1.165) is 24.0 Å². The molecule has 1 saturated heterocycles. The number of hydrogen-bond donors (Lipinski definition) is 3. The van der Waals surface area contributed by atoms with E-state index in [-0.39, 0.29) is 11.3 Å². The number of anilines is 1. The average Bonchev–Trinajstić information content (AvgIpc) is 2.58. The number of fused-ring (bicyclic) bond motifs is 2. The minimum atomic E-state index is -1.98. The highest BCUT2D eigenvalue weighted by Gasteiger charge is 2.56. The molecule has 2 aliphatic rings. The number of benzene rings is 1. The molecule has 3 N–H and O–H groups in total. The van der Waals surface area contributed by atoms with E-state index in [2.05, 4.69) is 10.6 Å². The second-order valence-electron chi connectivity index (χ2n) is 4.60. The fourth-order valence-electron chi connectivity index (χ4n) is 2.49. The van der Waals surface area contributed by atoms with Crippen LogP contribution in [0, 0.1) is 5.82 Å². The van der Waals surface area contributed by atoms with Crippen molar-refractivity contribution in [2.45, 2.75) is 12.6 Å². The van der Waals surface area contributed by atoms with Crippen LogP contribution >= 0.6 is 0 Å². The lowest BCUT2D eigenvalue weighted by atomic mass is 10.00. The Hall–Kier alpha value is -2.97. The van der Waals surface area contributed by atoms with E-state index < -0.39 is 35.4 Å². The van der Waals surface area contributed by atoms with Crippen LogP contribution in [0.25, 0.3) is 0 Å². The number of nitrogens with one attached hydrogen (secondary N) is 3. The molecule has 1 aromatic rings. The van der Waals surface area contributed by atoms with Crippen molar-refractivity contribution in [3.05, 3.63) is 29.6 Å². The van der Waals surface area contributed by atoms with Gasteiger partial charge in [0.25, 0.3) is 5.91 Å². The van der Waals surface area contributed by atoms with Crippen LogP contribution < -0.4 is 20.9 Å². The van der Waals surface area contributed by atoms with Gasteiger partial charge in [-0.25, -0.2) is 18.9 Å². The highest BCUT2D eigenvalue weighted by Crippen LogP contribution is 2.39. The van der Waals surface area contributed by atoms with Gasteiger partial charge < -0.3 is 10.6 Å². The van der Waals surface area contributed by atoms with E-state index in [0.29, 0.717) is 0 Å². The molecule has 2 heterocycles. The van der Waals surface area contributed by atoms with Gasteiger partial charge in [-0.05, 0) is 18.2 Å². The maximum Gasteiger partial charge on any atom is 0.325 e. The van der Waals surface area contributed by atoms with E-state index in [4.69, 9.17) is 0 Å². The van der Waals surface area contributed by atoms with Gasteiger partial charge in [0.05, 0.1) is 5.69 Å². The van der Waals surface area contributed by atoms with Gasteiger partial charge in [0, 0.05) is 12.5 Å². The maximum atomic E-state index is 13.5. The Morgan fingerprint density at radius 2 is 1.81 bits per heavy atom. The van der Waals surface area contributed by atoms with Gasteiger partial charge in [0.15, 0.2) is 0 Å². The molecule has 0 atom stereocenters. The topological polar surface area (TPSA) is 108 Å². The third-order valence-electron chi connectivity index (χ3n) is 3.27. The van der Waals surface area contributed by atoms with Crippen LogP contribution in [0.5, 0.6) is 0 Å². The number of amides is 6. The minimum absolute atomic E-state index is 0.00843. The lowest BCUT2D eigenvalue weighted by Crippen LogP contribution is -2.71. The summed E-state index contributed by atoms with van der Waals surface area (Å²) in [4.78, 5) is 48.0. The molecule has 0 aromatic heterocycles. The van der Waals surface area contributed by atoms with E-state index in [1.54, 1.807) is 0 Å². The quantitative estimate of drug-likeness (QED) is 0.620. The molecule has 0 aliphatic carbocycles. The number of imide groups is 2. The Bertz CT molecular complexity index is 701. The summed E-state index contributed by atoms with van der Waals surface area (Å²) in [5, 5.41) is 6.39. The van der Waals surface area contributed by atoms with Crippen molar-refractivity contribution in [1.82, 2.24) is 16.0 Å². The van der Waals surface area contributed by atoms with Gasteiger partial charge in [-0.2, -0.15) is 0 Å². The molecule has 2 aliphatic heterocycles. The Morgan fingerprint density at radius 1 is 1.19 bits per heavy atom. The predicted octanol–water partition coefficient (Wildman–Crippen LogP) is -0.106. The summed E-state index contributed by atoms with van der Waals surface area (Å²) in [6.45, 7) is 1.15. The first-order chi connectivity index (χ1) is 9.85. The molecule has 1 fully saturated rings. The zero-order valence-electron chi connectivity index (χ0n) is 10.7. The molecule has 21 heavy (non-hydrogen) atoms. The smallest absolute Gasteiger partial charge is 0.303 e. The molecule has 0 unspecified atom stereocenters. The Morgan fingerprint density at radius 3 is 2.38 bits per heavy atom. The molecule has 0 radical (unpaired) electrons. The van der Waals surface area contributed by atoms with Gasteiger partial charge in [-0.15, -0.1) is 0 Å². The van der Waals surface area contributed by atoms with E-state index in [1.165, 1.54) is 6.07 Å². The van der Waals surface area contributed by atoms with Crippen LogP contribution in [0.2, 0.25) is 0 Å². The fourth-order valence-corrected chi connectivity index (χ4v) is 2.49. The molecular weight excluding hydrogens is 283 g/mol. The minimum Gasteiger partial charge on any atom is -0.303 e. The van der Waals surface area contributed by atoms with E-state index in [1.807, 2.05) is 5.32 Å². The zero-order chi connectivity index (χ0) is 15.4. The summed E-state index contributed by atoms with van der Waals surface area (Å²) in [5.41, 5.74) is -1.88. The molecule has 0 saturated carbocycles. The SMILES string of the molecule is CC(=O)N1C(=O)C2(NC(=O)NC(=O)N2)c2cc(F)ccc21. The number of carbonyl (C=O) groups is 4. The third kappa shape index (κ3) is 1.67. The van der Waals surface area contributed by atoms with Gasteiger partial charge in [-0.1, -0.05) is 0 Å². The van der Waals surface area contributed by atoms with Crippen molar-refractivity contribution in [3.8, 4) is 0 Å². The van der Waals surface area contributed by atoms with Gasteiger partial charge >= 0.3 is 12.1 Å². The number of halogens is 1. The average molecular weight is 292 g/mol. The Balaban J connectivity index is 2.25. The van der Waals surface area contributed by atoms with Crippen LogP contribution in [-0.4, -0.2) is 23.9 Å². The van der Waals surface area contributed by atoms with Crippen molar-refractivity contribution < 1.29 is 23.6 Å². The highest BCUT2D eigenvalue weighted by molar-refractivity contribution is 6.24. The Labute approximate surface area is 117 Å². The molecule has 108 valence electrons. The fraction of sp³-hybridized carbons (Fsp3) is 0.167. The first-order valence-electron chi connectivity index (χ1n) is 5.91. The van der Waals surface area contributed by atoms with Crippen molar-refractivity contribution in [2.75, 3.05) is 4.90 Å². The summed E-state index contributed by atoms with van der Waals surface area (Å²) in [6.07, 6.45) is 0. The third-order valence-corrected chi connectivity index (χ3v) is 3.27. The molecule has 8 nitrogen and oxygen atoms in total. The molecule has 0 bridgehead atoms. The number of urea groups is 2. The summed E-state index contributed by atoms with van der Waals surface area (Å²) >= 11 is 0. The lowest BCUT2D eigenvalue weighted by molar-refractivity contribution is -0.129. The van der Waals surface area contributed by atoms with Gasteiger partial charge in [0.2, 0.25) is 11.6 Å². The van der Waals surface area contributed by atoms with Crippen molar-refractivity contribution in [2.24, 2.45) is 0 Å². The van der Waals surface area contributed by atoms with Crippen molar-refractivity contribution in [1.29, 1.82) is 0 Å². The zero-order valence-corrected chi connectivity index (χ0v) is 10.7. The number of rotatable bonds is 0. The van der Waals surface area contributed by atoms with E-state index >= 15 is 0 Å². The second kappa shape index (κ2) is 4.01. The number of hydrogen-bond acceptors (Lipinski definition) is 4. The van der Waals surface area contributed by atoms with Crippen LogP contribution in [0.4, 0.5) is 19.7 Å². The molecule has 9 heteroatoms. The first kappa shape index (κ1) is 13.0. The van der Waals surface area contributed by atoms with Crippen LogP contribution in [0.15, 0.2) is 18.2 Å². The standard InChI is InChI=1S/C12H9FN4O4/c1-5(18)17-8-3-2-6(13)4-7(8)12(9(17)19)15-10(20)14-11(21)16-12/h2-4H,1H3,(H3,14,15,16,20,21). The Kier molecular flexibility index (Phi) is 2.49. The lowest BCUT2D eigenvalue weighted by Gasteiger charge is -2.33. The molecule has 1 aromatic carbocycles. The van der Waals surface area contributed by atoms with Crippen molar-refractivity contribution in [3.63, 3.8) is 0 Å². The summed E-state index contributed by atoms with van der Waals surface area (Å²) in [7, 11) is 0.